The van der Waals surface area contributed by atoms with Crippen LogP contribution in [0.5, 0.6) is 0 Å². The number of rotatable bonds is 6. The van der Waals surface area contributed by atoms with Crippen molar-refractivity contribution in [2.45, 2.75) is 57.9 Å². The molecule has 1 aliphatic carbocycles. The summed E-state index contributed by atoms with van der Waals surface area (Å²) in [5.41, 5.74) is 0.447. The molecule has 0 aliphatic heterocycles. The number of carboxylic acids is 1. The molecule has 18 heavy (non-hydrogen) atoms. The number of carbonyl (C=O) groups is 2. The Balaban J connectivity index is 2.63. The molecule has 4 heteroatoms. The molecule has 1 rings (SSSR count). The van der Waals surface area contributed by atoms with Gasteiger partial charge in [0.25, 0.3) is 0 Å². The number of carboxylic acid groups (broad SMARTS) is 1. The van der Waals surface area contributed by atoms with Gasteiger partial charge in [0, 0.05) is 5.92 Å². The van der Waals surface area contributed by atoms with Gasteiger partial charge in [-0.25, -0.2) is 0 Å². The van der Waals surface area contributed by atoms with Crippen molar-refractivity contribution in [3.8, 4) is 0 Å². The zero-order valence-electron chi connectivity index (χ0n) is 11.3. The molecular formula is C14H23NO3. The summed E-state index contributed by atoms with van der Waals surface area (Å²) >= 11 is 0. The van der Waals surface area contributed by atoms with Gasteiger partial charge in [-0.1, -0.05) is 25.3 Å². The van der Waals surface area contributed by atoms with Gasteiger partial charge in [-0.3, -0.25) is 9.59 Å². The van der Waals surface area contributed by atoms with E-state index in [0.717, 1.165) is 31.3 Å². The van der Waals surface area contributed by atoms with E-state index in [9.17, 15) is 9.59 Å². The van der Waals surface area contributed by atoms with Crippen LogP contribution in [0.15, 0.2) is 12.2 Å². The van der Waals surface area contributed by atoms with Crippen LogP contribution in [-0.4, -0.2) is 22.5 Å². The molecule has 102 valence electrons. The van der Waals surface area contributed by atoms with Gasteiger partial charge in [-0.05, 0) is 26.2 Å². The lowest BCUT2D eigenvalue weighted by Crippen LogP contribution is -2.49. The first-order valence-corrected chi connectivity index (χ1v) is 6.53. The Hall–Kier alpha value is -1.32. The van der Waals surface area contributed by atoms with E-state index in [1.54, 1.807) is 0 Å². The Kier molecular flexibility index (Phi) is 4.93. The molecule has 2 N–H and O–H groups in total. The van der Waals surface area contributed by atoms with Crippen LogP contribution in [0.2, 0.25) is 0 Å². The minimum Gasteiger partial charge on any atom is -0.481 e. The lowest BCUT2D eigenvalue weighted by atomic mass is 9.91. The van der Waals surface area contributed by atoms with Crippen LogP contribution in [0, 0.1) is 5.92 Å². The maximum atomic E-state index is 12.1. The van der Waals surface area contributed by atoms with Gasteiger partial charge >= 0.3 is 5.97 Å². The molecule has 0 aromatic rings. The van der Waals surface area contributed by atoms with Gasteiger partial charge in [0.15, 0.2) is 0 Å². The summed E-state index contributed by atoms with van der Waals surface area (Å²) in [6, 6.07) is 0. The summed E-state index contributed by atoms with van der Waals surface area (Å²) in [4.78, 5) is 23.0. The number of amides is 1. The van der Waals surface area contributed by atoms with Crippen molar-refractivity contribution >= 4 is 11.9 Å². The fourth-order valence-corrected chi connectivity index (χ4v) is 2.69. The fraction of sp³-hybridized carbons (Fsp3) is 0.714. The highest BCUT2D eigenvalue weighted by Crippen LogP contribution is 2.33. The predicted molar refractivity (Wildman–Crippen MR) is 70.2 cm³/mol. The van der Waals surface area contributed by atoms with Crippen LogP contribution in [0.1, 0.15) is 52.4 Å². The van der Waals surface area contributed by atoms with Gasteiger partial charge in [0.2, 0.25) is 5.91 Å². The Morgan fingerprint density at radius 2 is 1.94 bits per heavy atom. The summed E-state index contributed by atoms with van der Waals surface area (Å²) < 4.78 is 0. The average Bonchev–Trinajstić information content (AvgIpc) is 2.63. The third-order valence-corrected chi connectivity index (χ3v) is 3.54. The molecule has 0 aromatic heterocycles. The summed E-state index contributed by atoms with van der Waals surface area (Å²) in [5.74, 6) is -1.04. The number of hydrogen-bond acceptors (Lipinski definition) is 2. The molecule has 0 aromatic carbocycles. The minimum atomic E-state index is -0.843. The smallest absolute Gasteiger partial charge is 0.305 e. The molecule has 1 unspecified atom stereocenters. The number of nitrogens with one attached hydrogen (secondary N) is 1. The van der Waals surface area contributed by atoms with Crippen LogP contribution in [0.3, 0.4) is 0 Å². The quantitative estimate of drug-likeness (QED) is 0.715. The van der Waals surface area contributed by atoms with Crippen LogP contribution in [0.25, 0.3) is 0 Å². The fourth-order valence-electron chi connectivity index (χ4n) is 2.69. The molecule has 4 nitrogen and oxygen atoms in total. The second kappa shape index (κ2) is 6.03. The Morgan fingerprint density at radius 1 is 1.39 bits per heavy atom. The maximum Gasteiger partial charge on any atom is 0.305 e. The number of carbonyl (C=O) groups excluding carboxylic acids is 1. The van der Waals surface area contributed by atoms with Gasteiger partial charge in [-0.15, -0.1) is 6.58 Å². The molecule has 0 radical (unpaired) electrons. The summed E-state index contributed by atoms with van der Waals surface area (Å²) in [6.07, 6.45) is 4.19. The standard InChI is InChI=1S/C14H23NO3/c1-10(2)8-11(3)13(18)15-14(9-12(16)17)6-4-5-7-14/h11H,1,4-9H2,2-3H3,(H,15,18)(H,16,17). The van der Waals surface area contributed by atoms with Crippen molar-refractivity contribution in [1.82, 2.24) is 5.32 Å². The molecule has 0 saturated heterocycles. The maximum absolute atomic E-state index is 12.1. The lowest BCUT2D eigenvalue weighted by Gasteiger charge is -2.30. The molecule has 1 atom stereocenters. The largest absolute Gasteiger partial charge is 0.481 e. The van der Waals surface area contributed by atoms with E-state index in [-0.39, 0.29) is 18.2 Å². The molecule has 0 heterocycles. The zero-order chi connectivity index (χ0) is 13.8. The zero-order valence-corrected chi connectivity index (χ0v) is 11.3. The van der Waals surface area contributed by atoms with Gasteiger partial charge < -0.3 is 10.4 Å². The molecule has 1 fully saturated rings. The predicted octanol–water partition coefficient (Wildman–Crippen LogP) is 2.49. The summed E-state index contributed by atoms with van der Waals surface area (Å²) in [7, 11) is 0. The highest BCUT2D eigenvalue weighted by Gasteiger charge is 2.38. The van der Waals surface area contributed by atoms with Crippen molar-refractivity contribution in [2.24, 2.45) is 5.92 Å². The normalized spacial score (nSPS) is 19.2. The first-order valence-electron chi connectivity index (χ1n) is 6.53. The number of hydrogen-bond donors (Lipinski definition) is 2. The molecule has 0 spiro atoms. The Bertz CT molecular complexity index is 343. The van der Waals surface area contributed by atoms with Crippen molar-refractivity contribution in [1.29, 1.82) is 0 Å². The van der Waals surface area contributed by atoms with Gasteiger partial charge in [0.05, 0.1) is 12.0 Å². The molecule has 0 bridgehead atoms. The molecule has 1 saturated carbocycles. The third-order valence-electron chi connectivity index (χ3n) is 3.54. The average molecular weight is 253 g/mol. The van der Waals surface area contributed by atoms with Crippen molar-refractivity contribution in [3.63, 3.8) is 0 Å². The van der Waals surface area contributed by atoms with E-state index in [1.165, 1.54) is 0 Å². The topological polar surface area (TPSA) is 66.4 Å². The van der Waals surface area contributed by atoms with Crippen molar-refractivity contribution in [2.75, 3.05) is 0 Å². The minimum absolute atomic E-state index is 0.0263. The summed E-state index contributed by atoms with van der Waals surface area (Å²) in [6.45, 7) is 7.55. The number of allylic oxidation sites excluding steroid dienone is 1. The first kappa shape index (κ1) is 14.7. The molecular weight excluding hydrogens is 230 g/mol. The summed E-state index contributed by atoms with van der Waals surface area (Å²) in [5, 5.41) is 11.9. The Morgan fingerprint density at radius 3 is 2.39 bits per heavy atom. The van der Waals surface area contributed by atoms with Crippen LogP contribution < -0.4 is 5.32 Å². The van der Waals surface area contributed by atoms with E-state index in [4.69, 9.17) is 5.11 Å². The van der Waals surface area contributed by atoms with Crippen LogP contribution in [0.4, 0.5) is 0 Å². The SMILES string of the molecule is C=C(C)CC(C)C(=O)NC1(CC(=O)O)CCCC1. The monoisotopic (exact) mass is 253 g/mol. The van der Waals surface area contributed by atoms with E-state index < -0.39 is 11.5 Å². The Labute approximate surface area is 108 Å². The third kappa shape index (κ3) is 4.17. The highest BCUT2D eigenvalue weighted by atomic mass is 16.4. The van der Waals surface area contributed by atoms with Crippen molar-refractivity contribution in [3.05, 3.63) is 12.2 Å². The second-order valence-electron chi connectivity index (χ2n) is 5.61. The van der Waals surface area contributed by atoms with E-state index in [2.05, 4.69) is 11.9 Å². The number of aliphatic carboxylic acids is 1. The second-order valence-corrected chi connectivity index (χ2v) is 5.61. The molecule has 1 amide bonds. The van der Waals surface area contributed by atoms with E-state index in [1.807, 2.05) is 13.8 Å². The van der Waals surface area contributed by atoms with E-state index in [0.29, 0.717) is 6.42 Å². The van der Waals surface area contributed by atoms with Crippen LogP contribution in [-0.2, 0) is 9.59 Å². The lowest BCUT2D eigenvalue weighted by molar-refractivity contribution is -0.139. The van der Waals surface area contributed by atoms with Crippen LogP contribution >= 0.6 is 0 Å². The van der Waals surface area contributed by atoms with Crippen molar-refractivity contribution < 1.29 is 14.7 Å². The molecule has 1 aliphatic rings. The van der Waals surface area contributed by atoms with Gasteiger partial charge in [-0.2, -0.15) is 0 Å². The van der Waals surface area contributed by atoms with E-state index >= 15 is 0 Å². The highest BCUT2D eigenvalue weighted by molar-refractivity contribution is 5.80. The first-order chi connectivity index (χ1) is 8.34. The van der Waals surface area contributed by atoms with Gasteiger partial charge in [0.1, 0.15) is 0 Å².